The summed E-state index contributed by atoms with van der Waals surface area (Å²) in [6.45, 7) is -0.0773. The van der Waals surface area contributed by atoms with Crippen molar-refractivity contribution < 1.29 is 38.9 Å². The number of amides is 2. The standard InChI is InChI=1S/C20H24N7O8P/c21-17-13-18(24-8-23-17)27(9-25-13)20-15(30)14(29)16(35-20)19(31)22-6-5-12(28)26-11-3-1-10(2-4-11)7-36(32,33)34/h1-4,8-9,14-16,20,29-30H,5-7H2,(H,22,31)(H,26,28)(H2,21,23,24)(H2,32,33,34)/t14-,15-,16-,20+/m0/s1. The van der Waals surface area contributed by atoms with Gasteiger partial charge in [0, 0.05) is 18.7 Å². The number of nitrogens with zero attached hydrogens (tertiary/aromatic N) is 4. The first-order valence-electron chi connectivity index (χ1n) is 10.7. The number of hydrogen-bond acceptors (Lipinski definition) is 10. The number of ether oxygens (including phenoxy) is 1. The van der Waals surface area contributed by atoms with Gasteiger partial charge in [-0.05, 0) is 17.7 Å². The van der Waals surface area contributed by atoms with E-state index in [0.717, 1.165) is 0 Å². The molecule has 4 atom stereocenters. The molecule has 1 aliphatic rings. The van der Waals surface area contributed by atoms with Gasteiger partial charge in [-0.2, -0.15) is 0 Å². The number of fused-ring (bicyclic) bond motifs is 1. The molecule has 36 heavy (non-hydrogen) atoms. The first-order chi connectivity index (χ1) is 17.0. The zero-order valence-electron chi connectivity index (χ0n) is 18.6. The minimum absolute atomic E-state index is 0.0773. The molecule has 0 saturated carbocycles. The summed E-state index contributed by atoms with van der Waals surface area (Å²) in [5.74, 6) is -1.03. The summed E-state index contributed by atoms with van der Waals surface area (Å²) >= 11 is 0. The number of carbonyl (C=O) groups excluding carboxylic acids is 2. The third-order valence-electron chi connectivity index (χ3n) is 5.44. The van der Waals surface area contributed by atoms with Crippen LogP contribution in [0.4, 0.5) is 11.5 Å². The molecule has 0 spiro atoms. The molecule has 3 heterocycles. The lowest BCUT2D eigenvalue weighted by molar-refractivity contribution is -0.137. The molecule has 2 aromatic heterocycles. The van der Waals surface area contributed by atoms with Crippen molar-refractivity contribution in [3.8, 4) is 0 Å². The molecule has 1 aliphatic heterocycles. The van der Waals surface area contributed by atoms with E-state index in [4.69, 9.17) is 20.3 Å². The van der Waals surface area contributed by atoms with Crippen LogP contribution < -0.4 is 16.4 Å². The van der Waals surface area contributed by atoms with Gasteiger partial charge in [-0.3, -0.25) is 18.7 Å². The molecule has 0 bridgehead atoms. The largest absolute Gasteiger partial charge is 0.387 e. The minimum atomic E-state index is -4.19. The van der Waals surface area contributed by atoms with Crippen molar-refractivity contribution in [3.05, 3.63) is 42.5 Å². The minimum Gasteiger partial charge on any atom is -0.387 e. The third-order valence-corrected chi connectivity index (χ3v) is 6.21. The Balaban J connectivity index is 1.29. The number of nitrogens with one attached hydrogen (secondary N) is 2. The smallest absolute Gasteiger partial charge is 0.329 e. The van der Waals surface area contributed by atoms with E-state index in [1.54, 1.807) is 0 Å². The average molecular weight is 521 g/mol. The van der Waals surface area contributed by atoms with E-state index in [9.17, 15) is 24.4 Å². The number of benzene rings is 1. The Labute approximate surface area is 203 Å². The van der Waals surface area contributed by atoms with Crippen molar-refractivity contribution in [1.29, 1.82) is 0 Å². The first kappa shape index (κ1) is 25.6. The van der Waals surface area contributed by atoms with Gasteiger partial charge in [0.25, 0.3) is 5.91 Å². The summed E-state index contributed by atoms with van der Waals surface area (Å²) in [5, 5.41) is 25.9. The molecule has 1 aromatic carbocycles. The van der Waals surface area contributed by atoms with Crippen LogP contribution in [-0.2, 0) is 25.1 Å². The number of nitrogen functional groups attached to an aromatic ring is 1. The van der Waals surface area contributed by atoms with Crippen LogP contribution in [0.3, 0.4) is 0 Å². The Hall–Kier alpha value is -3.46. The van der Waals surface area contributed by atoms with Crippen molar-refractivity contribution in [1.82, 2.24) is 24.8 Å². The number of aliphatic hydroxyl groups excluding tert-OH is 2. The van der Waals surface area contributed by atoms with Gasteiger partial charge in [0.2, 0.25) is 5.91 Å². The van der Waals surface area contributed by atoms with Gasteiger partial charge in [-0.25, -0.2) is 15.0 Å². The van der Waals surface area contributed by atoms with Crippen LogP contribution in [0.25, 0.3) is 11.2 Å². The van der Waals surface area contributed by atoms with E-state index < -0.39 is 50.1 Å². The topological polar surface area (TPSA) is 235 Å². The number of rotatable bonds is 8. The molecule has 3 aromatic rings. The highest BCUT2D eigenvalue weighted by molar-refractivity contribution is 7.50. The van der Waals surface area contributed by atoms with E-state index >= 15 is 0 Å². The van der Waals surface area contributed by atoms with Crippen molar-refractivity contribution in [3.63, 3.8) is 0 Å². The number of anilines is 2. The Morgan fingerprint density at radius 1 is 1.11 bits per heavy atom. The highest BCUT2D eigenvalue weighted by atomic mass is 31.2. The molecule has 2 amide bonds. The molecular formula is C20H24N7O8P. The maximum Gasteiger partial charge on any atom is 0.329 e. The highest BCUT2D eigenvalue weighted by Gasteiger charge is 2.47. The average Bonchev–Trinajstić information content (AvgIpc) is 3.36. The van der Waals surface area contributed by atoms with Crippen LogP contribution >= 0.6 is 7.60 Å². The summed E-state index contributed by atoms with van der Waals surface area (Å²) in [4.78, 5) is 54.7. The molecule has 0 radical (unpaired) electrons. The lowest BCUT2D eigenvalue weighted by Crippen LogP contribution is -2.43. The second-order valence-corrected chi connectivity index (χ2v) is 9.77. The van der Waals surface area contributed by atoms with E-state index in [1.165, 1.54) is 41.5 Å². The van der Waals surface area contributed by atoms with Gasteiger partial charge in [-0.15, -0.1) is 0 Å². The summed E-state index contributed by atoms with van der Waals surface area (Å²) in [6, 6.07) is 5.98. The number of imidazole rings is 1. The van der Waals surface area contributed by atoms with Crippen molar-refractivity contribution in [2.45, 2.75) is 37.1 Å². The predicted molar refractivity (Wildman–Crippen MR) is 124 cm³/mol. The number of nitrogens with two attached hydrogens (primary N) is 1. The van der Waals surface area contributed by atoms with E-state index in [-0.39, 0.29) is 29.9 Å². The Morgan fingerprint density at radius 2 is 1.83 bits per heavy atom. The summed E-state index contributed by atoms with van der Waals surface area (Å²) in [5.41, 5.74) is 7.12. The van der Waals surface area contributed by atoms with Crippen LogP contribution in [0.2, 0.25) is 0 Å². The fraction of sp³-hybridized carbons (Fsp3) is 0.350. The molecule has 16 heteroatoms. The third kappa shape index (κ3) is 5.67. The van der Waals surface area contributed by atoms with Gasteiger partial charge in [0.15, 0.2) is 23.8 Å². The van der Waals surface area contributed by atoms with Crippen molar-refractivity contribution in [2.75, 3.05) is 17.6 Å². The van der Waals surface area contributed by atoms with Gasteiger partial charge >= 0.3 is 7.60 Å². The van der Waals surface area contributed by atoms with Gasteiger partial charge < -0.3 is 41.1 Å². The molecule has 15 nitrogen and oxygen atoms in total. The number of aromatic nitrogens is 4. The molecule has 0 aliphatic carbocycles. The molecule has 4 rings (SSSR count). The van der Waals surface area contributed by atoms with Crippen LogP contribution in [0.15, 0.2) is 36.9 Å². The zero-order valence-corrected chi connectivity index (χ0v) is 19.5. The molecule has 0 unspecified atom stereocenters. The van der Waals surface area contributed by atoms with Crippen molar-refractivity contribution >= 4 is 42.1 Å². The van der Waals surface area contributed by atoms with Crippen LogP contribution in [0, 0.1) is 0 Å². The zero-order chi connectivity index (χ0) is 26.0. The van der Waals surface area contributed by atoms with E-state index in [2.05, 4.69) is 25.6 Å². The van der Waals surface area contributed by atoms with Crippen molar-refractivity contribution in [2.24, 2.45) is 0 Å². The second-order valence-electron chi connectivity index (χ2n) is 8.12. The summed E-state index contributed by atoms with van der Waals surface area (Å²) in [6.07, 6.45) is -3.58. The van der Waals surface area contributed by atoms with Crippen LogP contribution in [-0.4, -0.2) is 76.2 Å². The first-order valence-corrected chi connectivity index (χ1v) is 12.5. The van der Waals surface area contributed by atoms with E-state index in [0.29, 0.717) is 11.3 Å². The maximum atomic E-state index is 12.6. The van der Waals surface area contributed by atoms with E-state index in [1.807, 2.05) is 0 Å². The molecule has 1 fully saturated rings. The second kappa shape index (κ2) is 10.3. The van der Waals surface area contributed by atoms with Gasteiger partial charge in [0.1, 0.15) is 24.1 Å². The predicted octanol–water partition coefficient (Wildman–Crippen LogP) is -1.15. The molecule has 8 N–H and O–H groups in total. The molecule has 1 saturated heterocycles. The lowest BCUT2D eigenvalue weighted by atomic mass is 10.1. The van der Waals surface area contributed by atoms with Gasteiger partial charge in [-0.1, -0.05) is 12.1 Å². The SMILES string of the molecule is Nc1ncnc2c1ncn2[C@@H]1O[C@H](C(=O)NCCC(=O)Nc2ccc(CP(=O)(O)O)cc2)[C@@H](O)[C@@H]1O. The lowest BCUT2D eigenvalue weighted by Gasteiger charge is -2.16. The number of carbonyl (C=O) groups is 2. The summed E-state index contributed by atoms with van der Waals surface area (Å²) in [7, 11) is -4.19. The Bertz CT molecular complexity index is 1310. The van der Waals surface area contributed by atoms with Crippen LogP contribution in [0.1, 0.15) is 18.2 Å². The molecular weight excluding hydrogens is 497 g/mol. The Morgan fingerprint density at radius 3 is 2.53 bits per heavy atom. The number of hydrogen-bond donors (Lipinski definition) is 7. The fourth-order valence-electron chi connectivity index (χ4n) is 3.72. The normalized spacial score (nSPS) is 22.0. The fourth-order valence-corrected chi connectivity index (χ4v) is 4.40. The Kier molecular flexibility index (Phi) is 7.31. The molecule has 192 valence electrons. The number of aliphatic hydroxyl groups is 2. The quantitative estimate of drug-likeness (QED) is 0.174. The van der Waals surface area contributed by atoms with Gasteiger partial charge in [0.05, 0.1) is 12.5 Å². The highest BCUT2D eigenvalue weighted by Crippen LogP contribution is 2.39. The summed E-state index contributed by atoms with van der Waals surface area (Å²) < 4.78 is 18.0. The van der Waals surface area contributed by atoms with Crippen LogP contribution in [0.5, 0.6) is 0 Å². The monoisotopic (exact) mass is 521 g/mol. The maximum absolute atomic E-state index is 12.6.